The summed E-state index contributed by atoms with van der Waals surface area (Å²) in [6, 6.07) is 10.6. The number of carbonyl (C=O) groups excluding carboxylic acids is 3. The number of carbonyl (C=O) groups is 3. The molecule has 2 aromatic rings. The molecule has 2 aromatic carbocycles. The molecule has 0 aromatic heterocycles. The summed E-state index contributed by atoms with van der Waals surface area (Å²) in [5.74, 6) is 0.101. The summed E-state index contributed by atoms with van der Waals surface area (Å²) in [6.07, 6.45) is 1.61. The molecule has 41 heavy (non-hydrogen) atoms. The summed E-state index contributed by atoms with van der Waals surface area (Å²) in [7, 11) is 6.68. The number of nitrogens with one attached hydrogen (secondary N) is 1. The van der Waals surface area contributed by atoms with Gasteiger partial charge < -0.3 is 24.9 Å². The first-order chi connectivity index (χ1) is 19.3. The van der Waals surface area contributed by atoms with Gasteiger partial charge in [-0.15, -0.1) is 0 Å². The molecule has 0 saturated heterocycles. The van der Waals surface area contributed by atoms with E-state index in [0.717, 1.165) is 24.0 Å². The molecular weight excluding hydrogens is 522 g/mol. The van der Waals surface area contributed by atoms with Crippen molar-refractivity contribution in [2.24, 2.45) is 5.92 Å². The number of amides is 2. The molecule has 1 atom stereocenters. The van der Waals surface area contributed by atoms with Crippen LogP contribution in [0.25, 0.3) is 0 Å². The van der Waals surface area contributed by atoms with Crippen LogP contribution in [0.2, 0.25) is 0 Å². The van der Waals surface area contributed by atoms with E-state index < -0.39 is 16.7 Å². The number of aryl methyl sites for hydroxylation is 1. The van der Waals surface area contributed by atoms with Crippen LogP contribution in [0.4, 0.5) is 4.39 Å². The molecule has 220 valence electrons. The summed E-state index contributed by atoms with van der Waals surface area (Å²) in [5, 5.41) is 11.0. The van der Waals surface area contributed by atoms with Crippen LogP contribution >= 0.6 is 0 Å². The number of ether oxygens (including phenoxy) is 1. The second kappa shape index (κ2) is 15.2. The quantitative estimate of drug-likeness (QED) is 0.208. The van der Waals surface area contributed by atoms with Gasteiger partial charge in [-0.25, -0.2) is 4.39 Å². The molecule has 0 heterocycles. The van der Waals surface area contributed by atoms with Crippen molar-refractivity contribution in [2.75, 3.05) is 26.7 Å². The van der Waals surface area contributed by atoms with E-state index in [0.29, 0.717) is 42.3 Å². The average molecular weight is 565 g/mol. The summed E-state index contributed by atoms with van der Waals surface area (Å²) in [5.41, 5.74) is 1.44. The molecule has 1 unspecified atom stereocenters. The Morgan fingerprint density at radius 1 is 1.17 bits per heavy atom. The summed E-state index contributed by atoms with van der Waals surface area (Å²) >= 11 is 0. The fourth-order valence-electron chi connectivity index (χ4n) is 5.09. The number of aliphatic hydroxyl groups excluding tert-OH is 1. The zero-order valence-corrected chi connectivity index (χ0v) is 25.5. The molecule has 0 radical (unpaired) electrons. The first kappa shape index (κ1) is 34.1. The fourth-order valence-corrected chi connectivity index (χ4v) is 5.09. The number of hydrogen-bond donors (Lipinski definition) is 2. The van der Waals surface area contributed by atoms with Crippen molar-refractivity contribution >= 4 is 42.1 Å². The van der Waals surface area contributed by atoms with Crippen molar-refractivity contribution in [1.29, 1.82) is 0 Å². The number of rotatable bonds is 17. The third kappa shape index (κ3) is 8.94. The third-order valence-corrected chi connectivity index (χ3v) is 7.42. The Labute approximate surface area is 246 Å². The highest BCUT2D eigenvalue weighted by atomic mass is 19.1. The number of halogens is 1. The molecule has 0 saturated carbocycles. The minimum Gasteiger partial charge on any atom is -0.501 e. The molecule has 0 aliphatic carbocycles. The number of likely N-dealkylation sites (N-methyl/N-ethyl adjacent to an activating group) is 1. The number of aliphatic hydroxyl groups is 1. The Kier molecular flexibility index (Phi) is 12.7. The number of benzene rings is 2. The van der Waals surface area contributed by atoms with Crippen molar-refractivity contribution in [1.82, 2.24) is 15.1 Å². The van der Waals surface area contributed by atoms with Crippen molar-refractivity contribution < 1.29 is 28.6 Å². The predicted molar refractivity (Wildman–Crippen MR) is 166 cm³/mol. The topological polar surface area (TPSA) is 99.2 Å². The van der Waals surface area contributed by atoms with Crippen LogP contribution in [0, 0.1) is 18.7 Å². The largest absolute Gasteiger partial charge is 0.501 e. The Morgan fingerprint density at radius 3 is 2.44 bits per heavy atom. The molecular formula is C29H43B3FN3O5. The van der Waals surface area contributed by atoms with Crippen molar-refractivity contribution in [3.05, 3.63) is 64.5 Å². The molecule has 0 spiro atoms. The van der Waals surface area contributed by atoms with E-state index in [-0.39, 0.29) is 31.9 Å². The number of hydrogen-bond acceptors (Lipinski definition) is 6. The lowest BCUT2D eigenvalue weighted by Gasteiger charge is -2.38. The lowest BCUT2D eigenvalue weighted by atomic mass is 9.61. The molecule has 0 fully saturated rings. The van der Waals surface area contributed by atoms with Crippen LogP contribution in [-0.4, -0.2) is 89.2 Å². The zero-order valence-electron chi connectivity index (χ0n) is 25.5. The molecule has 0 aliphatic rings. The predicted octanol–water partition coefficient (Wildman–Crippen LogP) is 0.0528. The molecule has 2 amide bonds. The van der Waals surface area contributed by atoms with Crippen LogP contribution in [0.3, 0.4) is 0 Å². The molecule has 2 rings (SSSR count). The number of aldehydes is 1. The van der Waals surface area contributed by atoms with Crippen LogP contribution in [0.5, 0.6) is 5.75 Å². The van der Waals surface area contributed by atoms with Gasteiger partial charge in [0.15, 0.2) is 15.7 Å². The normalized spacial score (nSPS) is 13.1. The van der Waals surface area contributed by atoms with Crippen molar-refractivity contribution in [3.8, 4) is 5.75 Å². The van der Waals surface area contributed by atoms with Gasteiger partial charge in [0.2, 0.25) is 12.3 Å². The van der Waals surface area contributed by atoms with Gasteiger partial charge in [-0.05, 0) is 42.5 Å². The second-order valence-corrected chi connectivity index (χ2v) is 11.6. The summed E-state index contributed by atoms with van der Waals surface area (Å²) < 4.78 is 22.0. The van der Waals surface area contributed by atoms with E-state index in [1.807, 2.05) is 25.1 Å². The van der Waals surface area contributed by atoms with Crippen LogP contribution in [-0.2, 0) is 32.9 Å². The van der Waals surface area contributed by atoms with Crippen molar-refractivity contribution in [3.63, 3.8) is 0 Å². The van der Waals surface area contributed by atoms with Gasteiger partial charge in [0.25, 0.3) is 0 Å². The molecule has 2 N–H and O–H groups in total. The van der Waals surface area contributed by atoms with Crippen LogP contribution < -0.4 is 10.1 Å². The van der Waals surface area contributed by atoms with Gasteiger partial charge in [0.05, 0.1) is 17.4 Å². The Hall–Kier alpha value is -3.11. The highest BCUT2D eigenvalue weighted by Gasteiger charge is 2.38. The van der Waals surface area contributed by atoms with Crippen LogP contribution in [0.15, 0.2) is 36.4 Å². The maximum Gasteiger partial charge on any atom is 0.236 e. The van der Waals surface area contributed by atoms with Gasteiger partial charge >= 0.3 is 0 Å². The van der Waals surface area contributed by atoms with Gasteiger partial charge in [0, 0.05) is 50.8 Å². The maximum absolute atomic E-state index is 15.5. The first-order valence-corrected chi connectivity index (χ1v) is 14.1. The minimum absolute atomic E-state index is 0.0356. The van der Waals surface area contributed by atoms with E-state index in [1.165, 1.54) is 18.0 Å². The minimum atomic E-state index is -1.26. The van der Waals surface area contributed by atoms with Crippen LogP contribution in [0.1, 0.15) is 48.9 Å². The van der Waals surface area contributed by atoms with E-state index in [1.54, 1.807) is 35.7 Å². The Morgan fingerprint density at radius 2 is 1.88 bits per heavy atom. The maximum atomic E-state index is 15.5. The van der Waals surface area contributed by atoms with E-state index in [2.05, 4.69) is 24.1 Å². The number of nitrogens with zero attached hydrogens (tertiary/aromatic N) is 2. The van der Waals surface area contributed by atoms with Gasteiger partial charge in [-0.3, -0.25) is 14.5 Å². The lowest BCUT2D eigenvalue weighted by molar-refractivity contribution is -0.136. The zero-order chi connectivity index (χ0) is 30.8. The average Bonchev–Trinajstić information content (AvgIpc) is 2.90. The van der Waals surface area contributed by atoms with Gasteiger partial charge in [0.1, 0.15) is 25.7 Å². The van der Waals surface area contributed by atoms with E-state index in [4.69, 9.17) is 4.74 Å². The third-order valence-electron chi connectivity index (χ3n) is 7.42. The Balaban J connectivity index is 2.38. The molecule has 0 aliphatic heterocycles. The van der Waals surface area contributed by atoms with Gasteiger partial charge in [-0.1, -0.05) is 38.1 Å². The second-order valence-electron chi connectivity index (χ2n) is 11.6. The monoisotopic (exact) mass is 565 g/mol. The van der Waals surface area contributed by atoms with E-state index >= 15 is 4.39 Å². The first-order valence-electron chi connectivity index (χ1n) is 14.1. The highest BCUT2D eigenvalue weighted by Crippen LogP contribution is 2.32. The fraction of sp³-hybridized carbons (Fsp3) is 0.483. The van der Waals surface area contributed by atoms with Gasteiger partial charge in [-0.2, -0.15) is 0 Å². The highest BCUT2D eigenvalue weighted by molar-refractivity contribution is 6.39. The van der Waals surface area contributed by atoms with Crippen molar-refractivity contribution in [2.45, 2.75) is 57.5 Å². The standard InChI is InChI=1S/C29H43B3FN3O5/c1-20(2)16-35(12-14-38)17-22-9-10-24(25(33)15-22)29(31,32)41-26-8-5-7-21(3)23(26)18-36(19-39)28(30,11-6-13-37)27(40)34-4/h5,7-10,13,15,19-20,38H,6,11-12,14,16-18,30-32H2,1-4H3,(H,34,40). The summed E-state index contributed by atoms with van der Waals surface area (Å²) in [4.78, 5) is 39.7. The molecule has 0 bridgehead atoms. The van der Waals surface area contributed by atoms with E-state index in [9.17, 15) is 19.5 Å². The molecule has 12 heteroatoms. The SMILES string of the molecule is BC(B)(Oc1cccc(C)c1CN(C=O)C(B)(CCC=O)C(=O)NC)c1ccc(CN(CCO)CC(C)C)cc1F. The summed E-state index contributed by atoms with van der Waals surface area (Å²) in [6.45, 7) is 8.01. The lowest BCUT2D eigenvalue weighted by Crippen LogP contribution is -2.58. The smallest absolute Gasteiger partial charge is 0.236 e. The molecule has 8 nitrogen and oxygen atoms in total. The Bertz CT molecular complexity index is 1200.